The van der Waals surface area contributed by atoms with E-state index in [0.29, 0.717) is 29.5 Å². The van der Waals surface area contributed by atoms with Crippen molar-refractivity contribution in [3.63, 3.8) is 0 Å². The number of rotatable bonds is 4. The Morgan fingerprint density at radius 3 is 2.86 bits per heavy atom. The second-order valence-corrected chi connectivity index (χ2v) is 10.6. The lowest BCUT2D eigenvalue weighted by Gasteiger charge is -2.43. The third kappa shape index (κ3) is 3.82. The fraction of sp³-hybridized carbons (Fsp3) is 0.526. The third-order valence-corrected chi connectivity index (χ3v) is 8.74. The summed E-state index contributed by atoms with van der Waals surface area (Å²) in [5.74, 6) is 1.57. The lowest BCUT2D eigenvalue weighted by Crippen LogP contribution is -2.57. The van der Waals surface area contributed by atoms with Crippen molar-refractivity contribution in [1.82, 2.24) is 15.0 Å². The molecule has 0 unspecified atom stereocenters. The van der Waals surface area contributed by atoms with Gasteiger partial charge in [0.2, 0.25) is 5.89 Å². The molecule has 2 heterocycles. The highest BCUT2D eigenvalue weighted by molar-refractivity contribution is 7.98. The molecule has 1 aliphatic heterocycles. The maximum atomic E-state index is 13.4. The van der Waals surface area contributed by atoms with E-state index in [1.807, 2.05) is 24.3 Å². The van der Waals surface area contributed by atoms with Crippen LogP contribution in [0.25, 0.3) is 0 Å². The Morgan fingerprint density at radius 1 is 1.29 bits per heavy atom. The van der Waals surface area contributed by atoms with Crippen LogP contribution in [-0.4, -0.2) is 53.0 Å². The van der Waals surface area contributed by atoms with Crippen LogP contribution in [0.2, 0.25) is 0 Å². The standard InChI is InChI=1S/C19H23N3O4S2/c1-13-20-18(21-26-13)12-27-16-8-4-2-6-14(16)19(23)22-10-11-28(24,25)17-9-5-3-7-15(17)22/h2,4,6,8,15,17H,3,5,7,9-12H2,1H3/t15-,17-/m1/s1. The number of hydrogen-bond donors (Lipinski definition) is 0. The number of thioether (sulfide) groups is 1. The van der Waals surface area contributed by atoms with E-state index < -0.39 is 15.1 Å². The fourth-order valence-corrected chi connectivity index (χ4v) is 7.04. The molecule has 4 rings (SSSR count). The van der Waals surface area contributed by atoms with Crippen LogP contribution in [0.3, 0.4) is 0 Å². The van der Waals surface area contributed by atoms with E-state index >= 15 is 0 Å². The minimum absolute atomic E-state index is 0.0529. The molecule has 2 aliphatic rings. The smallest absolute Gasteiger partial charge is 0.255 e. The molecule has 7 nitrogen and oxygen atoms in total. The first-order valence-corrected chi connectivity index (χ1v) is 12.2. The molecule has 28 heavy (non-hydrogen) atoms. The number of carbonyl (C=O) groups excluding carboxylic acids is 1. The second-order valence-electron chi connectivity index (χ2n) is 7.27. The van der Waals surface area contributed by atoms with Crippen LogP contribution < -0.4 is 0 Å². The van der Waals surface area contributed by atoms with Crippen LogP contribution in [0.15, 0.2) is 33.7 Å². The zero-order valence-corrected chi connectivity index (χ0v) is 17.3. The quantitative estimate of drug-likeness (QED) is 0.701. The molecule has 0 radical (unpaired) electrons. The molecule has 0 bridgehead atoms. The van der Waals surface area contributed by atoms with Gasteiger partial charge in [0.25, 0.3) is 5.91 Å². The molecular weight excluding hydrogens is 398 g/mol. The Bertz CT molecular complexity index is 973. The number of fused-ring (bicyclic) bond motifs is 1. The molecule has 1 amide bonds. The van der Waals surface area contributed by atoms with Crippen LogP contribution in [0.1, 0.15) is 47.8 Å². The Morgan fingerprint density at radius 2 is 2.07 bits per heavy atom. The zero-order valence-electron chi connectivity index (χ0n) is 15.7. The van der Waals surface area contributed by atoms with E-state index in [-0.39, 0.29) is 24.2 Å². The number of amides is 1. The number of benzene rings is 1. The number of aryl methyl sites for hydroxylation is 1. The summed E-state index contributed by atoms with van der Waals surface area (Å²) < 4.78 is 30.0. The number of carbonyl (C=O) groups is 1. The maximum absolute atomic E-state index is 13.4. The molecule has 1 saturated heterocycles. The summed E-state index contributed by atoms with van der Waals surface area (Å²) in [5.41, 5.74) is 0.608. The molecule has 1 aliphatic carbocycles. The van der Waals surface area contributed by atoms with Crippen molar-refractivity contribution in [2.24, 2.45) is 0 Å². The van der Waals surface area contributed by atoms with E-state index in [4.69, 9.17) is 4.52 Å². The second kappa shape index (κ2) is 7.87. The number of nitrogens with zero attached hydrogens (tertiary/aromatic N) is 3. The summed E-state index contributed by atoms with van der Waals surface area (Å²) in [6.07, 6.45) is 3.30. The topological polar surface area (TPSA) is 93.4 Å². The van der Waals surface area contributed by atoms with Crippen molar-refractivity contribution in [3.05, 3.63) is 41.5 Å². The first-order chi connectivity index (χ1) is 13.5. The minimum Gasteiger partial charge on any atom is -0.340 e. The summed E-state index contributed by atoms with van der Waals surface area (Å²) in [7, 11) is -3.11. The zero-order chi connectivity index (χ0) is 19.7. The van der Waals surface area contributed by atoms with Crippen molar-refractivity contribution in [3.8, 4) is 0 Å². The van der Waals surface area contributed by atoms with Gasteiger partial charge in [0.1, 0.15) is 0 Å². The van der Waals surface area contributed by atoms with Gasteiger partial charge in [-0.3, -0.25) is 4.79 Å². The van der Waals surface area contributed by atoms with Crippen molar-refractivity contribution in [2.75, 3.05) is 12.3 Å². The highest BCUT2D eigenvalue weighted by Gasteiger charge is 2.44. The molecule has 2 atom stereocenters. The van der Waals surface area contributed by atoms with E-state index in [1.54, 1.807) is 11.8 Å². The SMILES string of the molecule is Cc1nc(CSc2ccccc2C(=O)N2CCS(=O)(=O)[C@@H]3CCCC[C@H]32)no1. The molecule has 1 aromatic heterocycles. The molecular formula is C19H23N3O4S2. The third-order valence-electron chi connectivity index (χ3n) is 5.45. The van der Waals surface area contributed by atoms with Gasteiger partial charge in [0.05, 0.1) is 22.3 Å². The summed E-state index contributed by atoms with van der Waals surface area (Å²) in [6.45, 7) is 2.01. The average Bonchev–Trinajstić information content (AvgIpc) is 3.12. The van der Waals surface area contributed by atoms with Gasteiger partial charge in [-0.2, -0.15) is 4.98 Å². The molecule has 2 fully saturated rings. The molecule has 9 heteroatoms. The van der Waals surface area contributed by atoms with Gasteiger partial charge >= 0.3 is 0 Å². The van der Waals surface area contributed by atoms with Crippen molar-refractivity contribution < 1.29 is 17.7 Å². The van der Waals surface area contributed by atoms with Gasteiger partial charge in [0, 0.05) is 24.4 Å². The molecule has 0 spiro atoms. The van der Waals surface area contributed by atoms with Gasteiger partial charge in [-0.1, -0.05) is 30.1 Å². The highest BCUT2D eigenvalue weighted by Crippen LogP contribution is 2.34. The molecule has 1 aromatic carbocycles. The number of aromatic nitrogens is 2. The van der Waals surface area contributed by atoms with Crippen LogP contribution in [0.5, 0.6) is 0 Å². The number of hydrogen-bond acceptors (Lipinski definition) is 7. The fourth-order valence-electron chi connectivity index (χ4n) is 4.11. The summed E-state index contributed by atoms with van der Waals surface area (Å²) in [6, 6.07) is 7.24. The Hall–Kier alpha value is -1.87. The van der Waals surface area contributed by atoms with Crippen molar-refractivity contribution in [1.29, 1.82) is 0 Å². The first-order valence-electron chi connectivity index (χ1n) is 9.49. The monoisotopic (exact) mass is 421 g/mol. The average molecular weight is 422 g/mol. The van der Waals surface area contributed by atoms with Crippen molar-refractivity contribution in [2.45, 2.75) is 54.5 Å². The summed E-state index contributed by atoms with van der Waals surface area (Å²) >= 11 is 1.48. The normalized spacial score (nSPS) is 24.0. The van der Waals surface area contributed by atoms with Crippen molar-refractivity contribution >= 4 is 27.5 Å². The van der Waals surface area contributed by atoms with E-state index in [2.05, 4.69) is 10.1 Å². The van der Waals surface area contributed by atoms with E-state index in [9.17, 15) is 13.2 Å². The highest BCUT2D eigenvalue weighted by atomic mass is 32.2. The van der Waals surface area contributed by atoms with E-state index in [1.165, 1.54) is 11.8 Å². The van der Waals surface area contributed by atoms with Crippen LogP contribution in [0, 0.1) is 6.92 Å². The van der Waals surface area contributed by atoms with Gasteiger partial charge in [-0.15, -0.1) is 11.8 Å². The predicted octanol–water partition coefficient (Wildman–Crippen LogP) is 2.85. The maximum Gasteiger partial charge on any atom is 0.255 e. The van der Waals surface area contributed by atoms with E-state index in [0.717, 1.165) is 24.2 Å². The lowest BCUT2D eigenvalue weighted by molar-refractivity contribution is 0.0635. The van der Waals surface area contributed by atoms with Gasteiger partial charge in [-0.25, -0.2) is 8.42 Å². The van der Waals surface area contributed by atoms with Crippen LogP contribution in [-0.2, 0) is 15.6 Å². The molecule has 0 N–H and O–H groups in total. The Balaban J connectivity index is 1.56. The first kappa shape index (κ1) is 19.4. The molecule has 2 aromatic rings. The minimum atomic E-state index is -3.11. The Labute approximate surface area is 168 Å². The van der Waals surface area contributed by atoms with Crippen LogP contribution in [0.4, 0.5) is 0 Å². The molecule has 1 saturated carbocycles. The van der Waals surface area contributed by atoms with Crippen LogP contribution >= 0.6 is 11.8 Å². The largest absolute Gasteiger partial charge is 0.340 e. The van der Waals surface area contributed by atoms with Gasteiger partial charge in [-0.05, 0) is 25.0 Å². The number of sulfone groups is 1. The molecule has 150 valence electrons. The summed E-state index contributed by atoms with van der Waals surface area (Å²) in [4.78, 5) is 20.2. The Kier molecular flexibility index (Phi) is 5.46. The van der Waals surface area contributed by atoms with Gasteiger partial charge < -0.3 is 9.42 Å². The summed E-state index contributed by atoms with van der Waals surface area (Å²) in [5, 5.41) is 3.48. The van der Waals surface area contributed by atoms with Gasteiger partial charge in [0.15, 0.2) is 15.7 Å². The lowest BCUT2D eigenvalue weighted by atomic mass is 9.92. The predicted molar refractivity (Wildman–Crippen MR) is 106 cm³/mol.